The number of methoxy groups -OCH3 is 1. The van der Waals surface area contributed by atoms with E-state index in [2.05, 4.69) is 57.1 Å². The molecule has 1 aromatic carbocycles. The predicted octanol–water partition coefficient (Wildman–Crippen LogP) is 2.43. The van der Waals surface area contributed by atoms with Crippen molar-refractivity contribution < 1.29 is 4.74 Å². The molecule has 0 aliphatic heterocycles. The first-order valence-electron chi connectivity index (χ1n) is 7.30. The van der Waals surface area contributed by atoms with Crippen molar-refractivity contribution in [3.05, 3.63) is 42.0 Å². The van der Waals surface area contributed by atoms with Crippen LogP contribution in [0.1, 0.15) is 18.5 Å². The minimum atomic E-state index is 0.134. The van der Waals surface area contributed by atoms with Gasteiger partial charge in [-0.25, -0.2) is 0 Å². The van der Waals surface area contributed by atoms with E-state index in [1.807, 2.05) is 12.1 Å². The van der Waals surface area contributed by atoms with Gasteiger partial charge in [0.2, 0.25) is 0 Å². The van der Waals surface area contributed by atoms with Crippen LogP contribution < -0.4 is 5.32 Å². The standard InChI is InChI=1S/C15H18N6OS/c1-11(12-3-5-13(6-4-12)23-10-9-22-2)16-14-7-8-15-17-19-20-21(15)18-14/h3-8,11H,9-10H2,1-2H3,(H,16,18)/t11-/m0/s1. The van der Waals surface area contributed by atoms with Crippen molar-refractivity contribution in [1.82, 2.24) is 25.3 Å². The van der Waals surface area contributed by atoms with Gasteiger partial charge in [-0.05, 0) is 47.2 Å². The Morgan fingerprint density at radius 1 is 1.22 bits per heavy atom. The lowest BCUT2D eigenvalue weighted by Gasteiger charge is -2.15. The van der Waals surface area contributed by atoms with Crippen LogP contribution in [-0.2, 0) is 4.74 Å². The van der Waals surface area contributed by atoms with Crippen molar-refractivity contribution >= 4 is 23.2 Å². The molecule has 120 valence electrons. The van der Waals surface area contributed by atoms with Crippen molar-refractivity contribution in [2.24, 2.45) is 0 Å². The first-order chi connectivity index (χ1) is 11.3. The molecule has 2 aromatic heterocycles. The third kappa shape index (κ3) is 3.96. The summed E-state index contributed by atoms with van der Waals surface area (Å²) in [7, 11) is 1.72. The molecule has 0 radical (unpaired) electrons. The number of fused-ring (bicyclic) bond motifs is 1. The van der Waals surface area contributed by atoms with Crippen LogP contribution in [0, 0.1) is 0 Å². The molecule has 23 heavy (non-hydrogen) atoms. The monoisotopic (exact) mass is 330 g/mol. The molecule has 3 aromatic rings. The minimum Gasteiger partial charge on any atom is -0.384 e. The molecule has 8 heteroatoms. The molecule has 2 heterocycles. The molecule has 0 saturated heterocycles. The van der Waals surface area contributed by atoms with Gasteiger partial charge in [0.1, 0.15) is 5.82 Å². The van der Waals surface area contributed by atoms with Crippen LogP contribution in [0.5, 0.6) is 0 Å². The fourth-order valence-electron chi connectivity index (χ4n) is 2.13. The molecule has 0 fully saturated rings. The summed E-state index contributed by atoms with van der Waals surface area (Å²) < 4.78 is 6.47. The van der Waals surface area contributed by atoms with E-state index in [0.29, 0.717) is 5.65 Å². The molecule has 3 rings (SSSR count). The van der Waals surface area contributed by atoms with E-state index in [0.717, 1.165) is 18.2 Å². The fraction of sp³-hybridized carbons (Fsp3) is 0.333. The van der Waals surface area contributed by atoms with Crippen LogP contribution in [0.25, 0.3) is 5.65 Å². The zero-order valence-corrected chi connectivity index (χ0v) is 13.8. The maximum absolute atomic E-state index is 5.06. The summed E-state index contributed by atoms with van der Waals surface area (Å²) in [5.74, 6) is 1.69. The highest BCUT2D eigenvalue weighted by Gasteiger charge is 2.08. The molecule has 1 atom stereocenters. The summed E-state index contributed by atoms with van der Waals surface area (Å²) in [6.07, 6.45) is 0. The van der Waals surface area contributed by atoms with Gasteiger partial charge in [-0.15, -0.1) is 26.6 Å². The van der Waals surface area contributed by atoms with Gasteiger partial charge in [0.15, 0.2) is 5.65 Å². The van der Waals surface area contributed by atoms with Gasteiger partial charge in [0, 0.05) is 23.8 Å². The average molecular weight is 330 g/mol. The summed E-state index contributed by atoms with van der Waals surface area (Å²) in [6.45, 7) is 2.86. The van der Waals surface area contributed by atoms with Crippen molar-refractivity contribution in [3.8, 4) is 0 Å². The molecule has 0 saturated carbocycles. The largest absolute Gasteiger partial charge is 0.384 e. The lowest BCUT2D eigenvalue weighted by Crippen LogP contribution is -2.09. The van der Waals surface area contributed by atoms with Crippen LogP contribution in [-0.4, -0.2) is 44.7 Å². The molecule has 0 amide bonds. The van der Waals surface area contributed by atoms with Gasteiger partial charge in [-0.3, -0.25) is 0 Å². The number of anilines is 1. The van der Waals surface area contributed by atoms with Gasteiger partial charge in [0.05, 0.1) is 6.61 Å². The van der Waals surface area contributed by atoms with Crippen LogP contribution in [0.2, 0.25) is 0 Å². The highest BCUT2D eigenvalue weighted by molar-refractivity contribution is 7.99. The Kier molecular flexibility index (Phi) is 5.04. The topological polar surface area (TPSA) is 77.2 Å². The number of aromatic nitrogens is 5. The fourth-order valence-corrected chi connectivity index (χ4v) is 2.94. The number of nitrogens with one attached hydrogen (secondary N) is 1. The van der Waals surface area contributed by atoms with Crippen molar-refractivity contribution in [3.63, 3.8) is 0 Å². The summed E-state index contributed by atoms with van der Waals surface area (Å²) in [5.41, 5.74) is 1.82. The van der Waals surface area contributed by atoms with Crippen molar-refractivity contribution in [2.45, 2.75) is 17.9 Å². The Labute approximate surface area is 138 Å². The van der Waals surface area contributed by atoms with Crippen LogP contribution >= 0.6 is 11.8 Å². The zero-order chi connectivity index (χ0) is 16.1. The number of hydrogen-bond donors (Lipinski definition) is 1. The molecular formula is C15H18N6OS. The number of nitrogens with zero attached hydrogens (tertiary/aromatic N) is 5. The van der Waals surface area contributed by atoms with Gasteiger partial charge in [0.25, 0.3) is 0 Å². The molecule has 1 N–H and O–H groups in total. The lowest BCUT2D eigenvalue weighted by atomic mass is 10.1. The molecule has 0 aliphatic rings. The Morgan fingerprint density at radius 2 is 2.04 bits per heavy atom. The molecule has 0 unspecified atom stereocenters. The predicted molar refractivity (Wildman–Crippen MR) is 89.7 cm³/mol. The maximum Gasteiger partial charge on any atom is 0.200 e. The SMILES string of the molecule is COCCSc1ccc([C@H](C)Nc2ccc3nnnn3n2)cc1. The smallest absolute Gasteiger partial charge is 0.200 e. The Balaban J connectivity index is 1.63. The Bertz CT molecular complexity index is 760. The summed E-state index contributed by atoms with van der Waals surface area (Å²) in [5, 5.41) is 18.9. The molecule has 7 nitrogen and oxygen atoms in total. The second kappa shape index (κ2) is 7.38. The summed E-state index contributed by atoms with van der Waals surface area (Å²) in [4.78, 5) is 1.24. The van der Waals surface area contributed by atoms with Gasteiger partial charge in [-0.1, -0.05) is 12.1 Å². The van der Waals surface area contributed by atoms with Gasteiger partial charge < -0.3 is 10.1 Å². The molecule has 0 spiro atoms. The third-order valence-corrected chi connectivity index (χ3v) is 4.35. The van der Waals surface area contributed by atoms with Crippen molar-refractivity contribution in [2.75, 3.05) is 24.8 Å². The molecule has 0 bridgehead atoms. The second-order valence-corrected chi connectivity index (χ2v) is 6.19. The average Bonchev–Trinajstić information content (AvgIpc) is 3.03. The van der Waals surface area contributed by atoms with Gasteiger partial charge in [-0.2, -0.15) is 0 Å². The molecule has 0 aliphatic carbocycles. The van der Waals surface area contributed by atoms with E-state index in [9.17, 15) is 0 Å². The number of thioether (sulfide) groups is 1. The quantitative estimate of drug-likeness (QED) is 0.526. The number of tetrazole rings is 1. The number of hydrogen-bond acceptors (Lipinski definition) is 7. The molecular weight excluding hydrogens is 312 g/mol. The van der Waals surface area contributed by atoms with Crippen LogP contribution in [0.15, 0.2) is 41.3 Å². The van der Waals surface area contributed by atoms with E-state index >= 15 is 0 Å². The van der Waals surface area contributed by atoms with E-state index < -0.39 is 0 Å². The van der Waals surface area contributed by atoms with E-state index in [-0.39, 0.29) is 6.04 Å². The van der Waals surface area contributed by atoms with Crippen molar-refractivity contribution in [1.29, 1.82) is 0 Å². The number of ether oxygens (including phenoxy) is 1. The highest BCUT2D eigenvalue weighted by Crippen LogP contribution is 2.22. The Hall–Kier alpha value is -2.19. The Morgan fingerprint density at radius 3 is 2.83 bits per heavy atom. The van der Waals surface area contributed by atoms with E-state index in [1.54, 1.807) is 18.9 Å². The van der Waals surface area contributed by atoms with Crippen LogP contribution in [0.4, 0.5) is 5.82 Å². The van der Waals surface area contributed by atoms with E-state index in [1.165, 1.54) is 15.1 Å². The number of benzene rings is 1. The number of rotatable bonds is 7. The second-order valence-electron chi connectivity index (χ2n) is 5.02. The normalized spacial score (nSPS) is 12.4. The van der Waals surface area contributed by atoms with Crippen LogP contribution in [0.3, 0.4) is 0 Å². The lowest BCUT2D eigenvalue weighted by molar-refractivity contribution is 0.218. The first-order valence-corrected chi connectivity index (χ1v) is 8.28. The highest BCUT2D eigenvalue weighted by atomic mass is 32.2. The maximum atomic E-state index is 5.06. The zero-order valence-electron chi connectivity index (χ0n) is 13.0. The summed E-state index contributed by atoms with van der Waals surface area (Å²) in [6, 6.07) is 12.4. The van der Waals surface area contributed by atoms with E-state index in [4.69, 9.17) is 4.74 Å². The summed E-state index contributed by atoms with van der Waals surface area (Å²) >= 11 is 1.79. The van der Waals surface area contributed by atoms with Gasteiger partial charge >= 0.3 is 0 Å². The third-order valence-electron chi connectivity index (χ3n) is 3.37. The minimum absolute atomic E-state index is 0.134. The first kappa shape index (κ1) is 15.7.